The van der Waals surface area contributed by atoms with Crippen LogP contribution in [-0.4, -0.2) is 16.9 Å². The van der Waals surface area contributed by atoms with E-state index in [2.05, 4.69) is 27.9 Å². The predicted octanol–water partition coefficient (Wildman–Crippen LogP) is 2.48. The lowest BCUT2D eigenvalue weighted by molar-refractivity contribution is -0.120. The van der Waals surface area contributed by atoms with Gasteiger partial charge in [-0.3, -0.25) is 4.79 Å². The second kappa shape index (κ2) is 6.82. The summed E-state index contributed by atoms with van der Waals surface area (Å²) in [4.78, 5) is 11.5. The first-order chi connectivity index (χ1) is 7.22. The number of hydrogen-bond donors (Lipinski definition) is 1. The Morgan fingerprint density at radius 1 is 1.33 bits per heavy atom. The van der Waals surface area contributed by atoms with Crippen LogP contribution in [-0.2, 0) is 11.2 Å². The second-order valence-corrected chi connectivity index (χ2v) is 4.63. The number of amides is 1. The van der Waals surface area contributed by atoms with Crippen molar-refractivity contribution >= 4 is 28.5 Å². The molecular weight excluding hydrogens is 301 g/mol. The summed E-state index contributed by atoms with van der Waals surface area (Å²) in [6.07, 6.45) is 1.53. The van der Waals surface area contributed by atoms with Crippen molar-refractivity contribution in [3.8, 4) is 0 Å². The fourth-order valence-electron chi connectivity index (χ4n) is 1.25. The summed E-state index contributed by atoms with van der Waals surface area (Å²) in [6, 6.07) is 8.08. The van der Waals surface area contributed by atoms with Crippen LogP contribution < -0.4 is 5.32 Å². The normalized spacial score (nSPS) is 10.0. The molecule has 0 aliphatic heterocycles. The molecule has 0 fully saturated rings. The SMILES string of the molecule is Cc1ccc(CC(=O)NCCCI)cc1. The molecule has 1 rings (SSSR count). The monoisotopic (exact) mass is 317 g/mol. The van der Waals surface area contributed by atoms with Gasteiger partial charge in [-0.25, -0.2) is 0 Å². The number of hydrogen-bond acceptors (Lipinski definition) is 1. The minimum atomic E-state index is 0.115. The zero-order valence-corrected chi connectivity index (χ0v) is 11.1. The summed E-state index contributed by atoms with van der Waals surface area (Å²) in [6.45, 7) is 2.83. The average Bonchev–Trinajstić information content (AvgIpc) is 2.22. The topological polar surface area (TPSA) is 29.1 Å². The summed E-state index contributed by atoms with van der Waals surface area (Å²) in [5, 5.41) is 2.90. The molecular formula is C12H16INO. The molecule has 0 bridgehead atoms. The van der Waals surface area contributed by atoms with E-state index in [1.165, 1.54) is 5.56 Å². The number of alkyl halides is 1. The standard InChI is InChI=1S/C12H16INO/c1-10-3-5-11(6-4-10)9-12(15)14-8-2-7-13/h3-6H,2,7-9H2,1H3,(H,14,15). The van der Waals surface area contributed by atoms with Gasteiger partial charge in [0.2, 0.25) is 5.91 Å². The number of benzene rings is 1. The van der Waals surface area contributed by atoms with Gasteiger partial charge in [0.25, 0.3) is 0 Å². The summed E-state index contributed by atoms with van der Waals surface area (Å²) in [5.74, 6) is 0.115. The maximum atomic E-state index is 11.5. The molecule has 1 aromatic rings. The van der Waals surface area contributed by atoms with Gasteiger partial charge in [-0.2, -0.15) is 0 Å². The number of carbonyl (C=O) groups is 1. The van der Waals surface area contributed by atoms with Crippen LogP contribution in [0.15, 0.2) is 24.3 Å². The summed E-state index contributed by atoms with van der Waals surface area (Å²) >= 11 is 2.31. The zero-order valence-electron chi connectivity index (χ0n) is 8.92. The van der Waals surface area contributed by atoms with Crippen LogP contribution in [0.3, 0.4) is 0 Å². The highest BCUT2D eigenvalue weighted by Gasteiger charge is 2.01. The first-order valence-corrected chi connectivity index (χ1v) is 6.63. The quantitative estimate of drug-likeness (QED) is 0.505. The number of nitrogens with one attached hydrogen (secondary N) is 1. The van der Waals surface area contributed by atoms with E-state index in [4.69, 9.17) is 0 Å². The Hall–Kier alpha value is -0.580. The minimum absolute atomic E-state index is 0.115. The van der Waals surface area contributed by atoms with Crippen LogP contribution in [0.1, 0.15) is 17.5 Å². The lowest BCUT2D eigenvalue weighted by atomic mass is 10.1. The first kappa shape index (κ1) is 12.5. The van der Waals surface area contributed by atoms with Gasteiger partial charge in [0.05, 0.1) is 6.42 Å². The molecule has 1 N–H and O–H groups in total. The number of rotatable bonds is 5. The maximum absolute atomic E-state index is 11.5. The van der Waals surface area contributed by atoms with Gasteiger partial charge < -0.3 is 5.32 Å². The van der Waals surface area contributed by atoms with Gasteiger partial charge in [0.1, 0.15) is 0 Å². The van der Waals surface area contributed by atoms with Gasteiger partial charge >= 0.3 is 0 Å². The van der Waals surface area contributed by atoms with E-state index in [0.29, 0.717) is 6.42 Å². The van der Waals surface area contributed by atoms with Crippen molar-refractivity contribution in [2.75, 3.05) is 11.0 Å². The lowest BCUT2D eigenvalue weighted by Crippen LogP contribution is -2.26. The van der Waals surface area contributed by atoms with E-state index in [1.54, 1.807) is 0 Å². The number of aryl methyl sites for hydroxylation is 1. The Bertz CT molecular complexity index is 308. The van der Waals surface area contributed by atoms with Crippen LogP contribution in [0.25, 0.3) is 0 Å². The highest BCUT2D eigenvalue weighted by molar-refractivity contribution is 14.1. The first-order valence-electron chi connectivity index (χ1n) is 5.10. The van der Waals surface area contributed by atoms with Gasteiger partial charge in [-0.05, 0) is 18.9 Å². The molecule has 0 aliphatic rings. The van der Waals surface area contributed by atoms with Crippen LogP contribution in [0.4, 0.5) is 0 Å². The fourth-order valence-corrected chi connectivity index (χ4v) is 1.63. The van der Waals surface area contributed by atoms with Gasteiger partial charge in [-0.15, -0.1) is 0 Å². The largest absolute Gasteiger partial charge is 0.356 e. The van der Waals surface area contributed by atoms with Gasteiger partial charge in [0, 0.05) is 11.0 Å². The molecule has 2 nitrogen and oxygen atoms in total. The van der Waals surface area contributed by atoms with Crippen LogP contribution in [0.5, 0.6) is 0 Å². The fraction of sp³-hybridized carbons (Fsp3) is 0.417. The molecule has 0 aromatic heterocycles. The number of carbonyl (C=O) groups excluding carboxylic acids is 1. The van der Waals surface area contributed by atoms with E-state index in [1.807, 2.05) is 31.2 Å². The maximum Gasteiger partial charge on any atom is 0.224 e. The third kappa shape index (κ3) is 5.16. The molecule has 0 heterocycles. The minimum Gasteiger partial charge on any atom is -0.356 e. The predicted molar refractivity (Wildman–Crippen MR) is 71.4 cm³/mol. The van der Waals surface area contributed by atoms with Crippen molar-refractivity contribution in [1.82, 2.24) is 5.32 Å². The van der Waals surface area contributed by atoms with Crippen molar-refractivity contribution < 1.29 is 4.79 Å². The molecule has 0 radical (unpaired) electrons. The summed E-state index contributed by atoms with van der Waals surface area (Å²) in [5.41, 5.74) is 2.30. The average molecular weight is 317 g/mol. The summed E-state index contributed by atoms with van der Waals surface area (Å²) < 4.78 is 1.09. The Balaban J connectivity index is 2.34. The molecule has 0 aliphatic carbocycles. The van der Waals surface area contributed by atoms with Crippen LogP contribution in [0.2, 0.25) is 0 Å². The van der Waals surface area contributed by atoms with Crippen molar-refractivity contribution in [3.05, 3.63) is 35.4 Å². The molecule has 15 heavy (non-hydrogen) atoms. The van der Waals surface area contributed by atoms with Crippen LogP contribution >= 0.6 is 22.6 Å². The smallest absolute Gasteiger partial charge is 0.224 e. The Morgan fingerprint density at radius 3 is 2.60 bits per heavy atom. The highest BCUT2D eigenvalue weighted by atomic mass is 127. The van der Waals surface area contributed by atoms with E-state index in [9.17, 15) is 4.79 Å². The summed E-state index contributed by atoms with van der Waals surface area (Å²) in [7, 11) is 0. The molecule has 1 amide bonds. The Kier molecular flexibility index (Phi) is 5.68. The van der Waals surface area contributed by atoms with Gasteiger partial charge in [-0.1, -0.05) is 52.4 Å². The molecule has 1 aromatic carbocycles. The molecule has 82 valence electrons. The van der Waals surface area contributed by atoms with E-state index < -0.39 is 0 Å². The second-order valence-electron chi connectivity index (χ2n) is 3.55. The zero-order chi connectivity index (χ0) is 11.1. The van der Waals surface area contributed by atoms with E-state index >= 15 is 0 Å². The van der Waals surface area contributed by atoms with Crippen molar-refractivity contribution in [2.24, 2.45) is 0 Å². The molecule has 0 unspecified atom stereocenters. The lowest BCUT2D eigenvalue weighted by Gasteiger charge is -2.04. The Labute approximate surface area is 105 Å². The van der Waals surface area contributed by atoms with E-state index in [-0.39, 0.29) is 5.91 Å². The van der Waals surface area contributed by atoms with Gasteiger partial charge in [0.15, 0.2) is 0 Å². The molecule has 3 heteroatoms. The van der Waals surface area contributed by atoms with Crippen molar-refractivity contribution in [2.45, 2.75) is 19.8 Å². The molecule has 0 spiro atoms. The third-order valence-corrected chi connectivity index (χ3v) is 2.88. The van der Waals surface area contributed by atoms with Crippen LogP contribution in [0, 0.1) is 6.92 Å². The highest BCUT2D eigenvalue weighted by Crippen LogP contribution is 2.03. The molecule has 0 saturated heterocycles. The van der Waals surface area contributed by atoms with E-state index in [0.717, 1.165) is 23.0 Å². The Morgan fingerprint density at radius 2 is 2.00 bits per heavy atom. The third-order valence-electron chi connectivity index (χ3n) is 2.12. The van der Waals surface area contributed by atoms with Crippen molar-refractivity contribution in [3.63, 3.8) is 0 Å². The van der Waals surface area contributed by atoms with Crippen molar-refractivity contribution in [1.29, 1.82) is 0 Å². The molecule has 0 saturated carbocycles. The molecule has 0 atom stereocenters. The number of halogens is 1.